The van der Waals surface area contributed by atoms with E-state index in [0.29, 0.717) is 0 Å². The van der Waals surface area contributed by atoms with Gasteiger partial charge >= 0.3 is 0 Å². The summed E-state index contributed by atoms with van der Waals surface area (Å²) < 4.78 is 5.09. The molecule has 0 fully saturated rings. The van der Waals surface area contributed by atoms with Crippen molar-refractivity contribution in [1.29, 1.82) is 0 Å². The summed E-state index contributed by atoms with van der Waals surface area (Å²) in [6.45, 7) is 0. The van der Waals surface area contributed by atoms with E-state index in [1.54, 1.807) is 13.2 Å². The number of methoxy groups -OCH3 is 1. The molecule has 1 unspecified atom stereocenters. The lowest BCUT2D eigenvalue weighted by Crippen LogP contribution is -1.92. The van der Waals surface area contributed by atoms with Gasteiger partial charge in [-0.3, -0.25) is 0 Å². The molecule has 2 aromatic rings. The van der Waals surface area contributed by atoms with E-state index in [0.717, 1.165) is 16.9 Å². The Labute approximate surface area is 119 Å². The summed E-state index contributed by atoms with van der Waals surface area (Å²) in [5, 5.41) is 10.0. The van der Waals surface area contributed by atoms with E-state index in [9.17, 15) is 5.11 Å². The summed E-state index contributed by atoms with van der Waals surface area (Å²) in [6, 6.07) is 17.4. The molecule has 0 saturated heterocycles. The van der Waals surface area contributed by atoms with Gasteiger partial charge in [0.25, 0.3) is 0 Å². The van der Waals surface area contributed by atoms with Gasteiger partial charge in [0.05, 0.1) is 13.2 Å². The third-order valence-corrected chi connectivity index (χ3v) is 2.95. The second-order valence-corrected chi connectivity index (χ2v) is 4.37. The zero-order valence-electron chi connectivity index (χ0n) is 11.4. The lowest BCUT2D eigenvalue weighted by atomic mass is 10.1. The van der Waals surface area contributed by atoms with Gasteiger partial charge in [0.15, 0.2) is 0 Å². The Balaban J connectivity index is 1.94. The molecular weight excluding hydrogens is 248 g/mol. The van der Waals surface area contributed by atoms with Gasteiger partial charge in [-0.05, 0) is 23.3 Å². The summed E-state index contributed by atoms with van der Waals surface area (Å²) in [6.07, 6.45) is 6.91. The number of hydrogen-bond acceptors (Lipinski definition) is 2. The molecule has 0 aliphatic carbocycles. The third kappa shape index (κ3) is 4.11. The second-order valence-electron chi connectivity index (χ2n) is 4.37. The molecule has 2 aromatic carbocycles. The van der Waals surface area contributed by atoms with Crippen LogP contribution < -0.4 is 4.74 Å². The Bertz CT molecular complexity index is 568. The van der Waals surface area contributed by atoms with E-state index in [-0.39, 0.29) is 0 Å². The number of allylic oxidation sites excluding steroid dienone is 2. The van der Waals surface area contributed by atoms with E-state index >= 15 is 0 Å². The number of benzene rings is 2. The number of ether oxygens (including phenoxy) is 1. The average Bonchev–Trinajstić information content (AvgIpc) is 2.52. The fourth-order valence-electron chi connectivity index (χ4n) is 1.81. The summed E-state index contributed by atoms with van der Waals surface area (Å²) in [7, 11) is 1.62. The molecule has 0 spiro atoms. The van der Waals surface area contributed by atoms with Crippen LogP contribution in [0.4, 0.5) is 0 Å². The minimum atomic E-state index is -0.610. The second kappa shape index (κ2) is 7.31. The van der Waals surface area contributed by atoms with Gasteiger partial charge in [0.1, 0.15) is 5.75 Å². The highest BCUT2D eigenvalue weighted by molar-refractivity contribution is 5.50. The van der Waals surface area contributed by atoms with Crippen molar-refractivity contribution >= 4 is 6.08 Å². The quantitative estimate of drug-likeness (QED) is 0.829. The van der Waals surface area contributed by atoms with Gasteiger partial charge in [0.2, 0.25) is 0 Å². The van der Waals surface area contributed by atoms with Crippen LogP contribution in [-0.4, -0.2) is 12.2 Å². The van der Waals surface area contributed by atoms with Crippen molar-refractivity contribution in [2.24, 2.45) is 0 Å². The van der Waals surface area contributed by atoms with Crippen LogP contribution >= 0.6 is 0 Å². The van der Waals surface area contributed by atoms with E-state index in [2.05, 4.69) is 0 Å². The standard InChI is InChI=1S/C18H18O2/c1-20-17-13-11-16(12-14-17)18(19)10-6-5-9-15-7-3-2-4-8-15/h2-14,18-19H,1H3/b9-5+,10-6+. The minimum Gasteiger partial charge on any atom is -0.497 e. The lowest BCUT2D eigenvalue weighted by molar-refractivity contribution is 0.228. The Kier molecular flexibility index (Phi) is 5.15. The highest BCUT2D eigenvalue weighted by Gasteiger charge is 2.02. The largest absolute Gasteiger partial charge is 0.497 e. The molecule has 0 amide bonds. The van der Waals surface area contributed by atoms with Crippen LogP contribution in [0.2, 0.25) is 0 Å². The van der Waals surface area contributed by atoms with Gasteiger partial charge < -0.3 is 9.84 Å². The maximum atomic E-state index is 10.0. The van der Waals surface area contributed by atoms with Crippen LogP contribution in [0.25, 0.3) is 6.08 Å². The van der Waals surface area contributed by atoms with Crippen LogP contribution in [0.15, 0.2) is 72.8 Å². The molecule has 102 valence electrons. The molecule has 1 N–H and O–H groups in total. The lowest BCUT2D eigenvalue weighted by Gasteiger charge is -2.06. The molecule has 0 saturated carbocycles. The van der Waals surface area contributed by atoms with Gasteiger partial charge in [-0.15, -0.1) is 0 Å². The molecule has 2 heteroatoms. The van der Waals surface area contributed by atoms with E-state index < -0.39 is 6.10 Å². The molecule has 20 heavy (non-hydrogen) atoms. The van der Waals surface area contributed by atoms with E-state index in [1.807, 2.05) is 72.8 Å². The molecule has 0 aromatic heterocycles. The number of rotatable bonds is 5. The van der Waals surface area contributed by atoms with Gasteiger partial charge in [0, 0.05) is 0 Å². The number of aliphatic hydroxyl groups is 1. The van der Waals surface area contributed by atoms with Gasteiger partial charge in [-0.25, -0.2) is 0 Å². The van der Waals surface area contributed by atoms with Crippen molar-refractivity contribution in [1.82, 2.24) is 0 Å². The van der Waals surface area contributed by atoms with Gasteiger partial charge in [-0.1, -0.05) is 66.8 Å². The summed E-state index contributed by atoms with van der Waals surface area (Å²) in [5.74, 6) is 0.786. The van der Waals surface area contributed by atoms with Crippen molar-refractivity contribution in [2.45, 2.75) is 6.10 Å². The van der Waals surface area contributed by atoms with Crippen molar-refractivity contribution in [3.8, 4) is 5.75 Å². The Morgan fingerprint density at radius 3 is 2.30 bits per heavy atom. The molecule has 1 atom stereocenters. The first-order chi connectivity index (χ1) is 9.79. The fourth-order valence-corrected chi connectivity index (χ4v) is 1.81. The average molecular weight is 266 g/mol. The van der Waals surface area contributed by atoms with Crippen LogP contribution in [-0.2, 0) is 0 Å². The minimum absolute atomic E-state index is 0.610. The Hall–Kier alpha value is -2.32. The predicted molar refractivity (Wildman–Crippen MR) is 82.6 cm³/mol. The monoisotopic (exact) mass is 266 g/mol. The number of hydrogen-bond donors (Lipinski definition) is 1. The SMILES string of the molecule is COc1ccc(C(O)/C=C/C=C/c2ccccc2)cc1. The maximum absolute atomic E-state index is 10.0. The first kappa shape index (κ1) is 14.1. The first-order valence-corrected chi connectivity index (χ1v) is 6.51. The van der Waals surface area contributed by atoms with Crippen LogP contribution in [0.3, 0.4) is 0 Å². The topological polar surface area (TPSA) is 29.5 Å². The van der Waals surface area contributed by atoms with Crippen molar-refractivity contribution in [2.75, 3.05) is 7.11 Å². The Morgan fingerprint density at radius 1 is 0.950 bits per heavy atom. The molecule has 0 radical (unpaired) electrons. The normalized spacial score (nSPS) is 12.9. The zero-order chi connectivity index (χ0) is 14.2. The zero-order valence-corrected chi connectivity index (χ0v) is 11.4. The third-order valence-electron chi connectivity index (χ3n) is 2.95. The van der Waals surface area contributed by atoms with Gasteiger partial charge in [-0.2, -0.15) is 0 Å². The molecule has 0 aliphatic heterocycles. The summed E-state index contributed by atoms with van der Waals surface area (Å²) in [4.78, 5) is 0. The smallest absolute Gasteiger partial charge is 0.118 e. The molecule has 2 nitrogen and oxygen atoms in total. The number of aliphatic hydroxyl groups excluding tert-OH is 1. The van der Waals surface area contributed by atoms with Crippen molar-refractivity contribution in [3.05, 3.63) is 84.0 Å². The maximum Gasteiger partial charge on any atom is 0.118 e. The van der Waals surface area contributed by atoms with Crippen LogP contribution in [0, 0.1) is 0 Å². The van der Waals surface area contributed by atoms with Crippen molar-refractivity contribution < 1.29 is 9.84 Å². The highest BCUT2D eigenvalue weighted by atomic mass is 16.5. The molecule has 0 heterocycles. The van der Waals surface area contributed by atoms with Crippen LogP contribution in [0.1, 0.15) is 17.2 Å². The molecular formula is C18H18O2. The highest BCUT2D eigenvalue weighted by Crippen LogP contribution is 2.18. The fraction of sp³-hybridized carbons (Fsp3) is 0.111. The molecule has 0 aliphatic rings. The van der Waals surface area contributed by atoms with Crippen LogP contribution in [0.5, 0.6) is 5.75 Å². The first-order valence-electron chi connectivity index (χ1n) is 6.51. The molecule has 0 bridgehead atoms. The van der Waals surface area contributed by atoms with E-state index in [4.69, 9.17) is 4.74 Å². The molecule has 2 rings (SSSR count). The summed E-state index contributed by atoms with van der Waals surface area (Å²) >= 11 is 0. The van der Waals surface area contributed by atoms with E-state index in [1.165, 1.54) is 0 Å². The predicted octanol–water partition coefficient (Wildman–Crippen LogP) is 4.00. The van der Waals surface area contributed by atoms with Crippen molar-refractivity contribution in [3.63, 3.8) is 0 Å². The summed E-state index contributed by atoms with van der Waals surface area (Å²) in [5.41, 5.74) is 1.98. The Morgan fingerprint density at radius 2 is 1.65 bits per heavy atom.